The van der Waals surface area contributed by atoms with Gasteiger partial charge in [-0.2, -0.15) is 0 Å². The van der Waals surface area contributed by atoms with Crippen molar-refractivity contribution >= 4 is 11.7 Å². The molecule has 6 heteroatoms. The summed E-state index contributed by atoms with van der Waals surface area (Å²) in [6.45, 7) is 6.03. The van der Waals surface area contributed by atoms with Crippen molar-refractivity contribution < 1.29 is 14.8 Å². The molecule has 0 aliphatic carbocycles. The van der Waals surface area contributed by atoms with E-state index in [2.05, 4.69) is 4.90 Å². The Morgan fingerprint density at radius 2 is 2.11 bits per heavy atom. The third-order valence-corrected chi connectivity index (χ3v) is 2.92. The highest BCUT2D eigenvalue weighted by atomic mass is 16.6. The molecule has 1 rings (SSSR count). The SMILES string of the molecule is CCCN(CC)Cc1cccc([N+](=O)[O-])c1C(=O)O. The van der Waals surface area contributed by atoms with Gasteiger partial charge in [0.05, 0.1) is 4.92 Å². The minimum Gasteiger partial charge on any atom is -0.477 e. The molecule has 0 aromatic heterocycles. The largest absolute Gasteiger partial charge is 0.477 e. The van der Waals surface area contributed by atoms with Gasteiger partial charge in [0.15, 0.2) is 0 Å². The second-order valence-electron chi connectivity index (χ2n) is 4.24. The van der Waals surface area contributed by atoms with Gasteiger partial charge in [-0.05, 0) is 25.1 Å². The van der Waals surface area contributed by atoms with Crippen LogP contribution in [0.25, 0.3) is 0 Å². The van der Waals surface area contributed by atoms with E-state index in [9.17, 15) is 20.0 Å². The number of aromatic carboxylic acids is 1. The standard InChI is InChI=1S/C13H18N2O4/c1-3-8-14(4-2)9-10-6-5-7-11(15(18)19)12(10)13(16)17/h5-7H,3-4,8-9H2,1-2H3,(H,16,17). The molecule has 1 aromatic carbocycles. The monoisotopic (exact) mass is 266 g/mol. The van der Waals surface area contributed by atoms with E-state index in [1.165, 1.54) is 12.1 Å². The maximum Gasteiger partial charge on any atom is 0.343 e. The molecule has 0 amide bonds. The molecular weight excluding hydrogens is 248 g/mol. The van der Waals surface area contributed by atoms with Crippen LogP contribution in [-0.2, 0) is 6.54 Å². The predicted molar refractivity (Wildman–Crippen MR) is 71.3 cm³/mol. The molecule has 0 saturated carbocycles. The van der Waals surface area contributed by atoms with Crippen LogP contribution in [0, 0.1) is 10.1 Å². The van der Waals surface area contributed by atoms with Crippen molar-refractivity contribution in [3.8, 4) is 0 Å². The van der Waals surface area contributed by atoms with Crippen LogP contribution in [0.15, 0.2) is 18.2 Å². The number of nitrogens with zero attached hydrogens (tertiary/aromatic N) is 2. The number of nitro groups is 1. The van der Waals surface area contributed by atoms with Crippen molar-refractivity contribution in [2.75, 3.05) is 13.1 Å². The van der Waals surface area contributed by atoms with Gasteiger partial charge in [-0.15, -0.1) is 0 Å². The molecule has 19 heavy (non-hydrogen) atoms. The lowest BCUT2D eigenvalue weighted by Gasteiger charge is -2.20. The first-order valence-electron chi connectivity index (χ1n) is 6.23. The second-order valence-corrected chi connectivity index (χ2v) is 4.24. The summed E-state index contributed by atoms with van der Waals surface area (Å²) in [5.41, 5.74) is -0.0726. The summed E-state index contributed by atoms with van der Waals surface area (Å²) in [6.07, 6.45) is 0.950. The highest BCUT2D eigenvalue weighted by Crippen LogP contribution is 2.23. The van der Waals surface area contributed by atoms with Gasteiger partial charge >= 0.3 is 5.97 Å². The fourth-order valence-corrected chi connectivity index (χ4v) is 2.02. The van der Waals surface area contributed by atoms with Gasteiger partial charge in [-0.1, -0.05) is 26.0 Å². The van der Waals surface area contributed by atoms with Crippen molar-refractivity contribution in [3.05, 3.63) is 39.4 Å². The minimum atomic E-state index is -1.25. The molecule has 0 spiro atoms. The number of rotatable bonds is 7. The first-order chi connectivity index (χ1) is 9.01. The van der Waals surface area contributed by atoms with Gasteiger partial charge in [-0.25, -0.2) is 4.79 Å². The van der Waals surface area contributed by atoms with E-state index in [4.69, 9.17) is 0 Å². The smallest absolute Gasteiger partial charge is 0.343 e. The number of nitro benzene ring substituents is 1. The normalized spacial score (nSPS) is 10.7. The van der Waals surface area contributed by atoms with E-state index < -0.39 is 10.9 Å². The first kappa shape index (κ1) is 15.1. The number of carboxylic acids is 1. The molecular formula is C13H18N2O4. The van der Waals surface area contributed by atoms with E-state index in [1.807, 2.05) is 13.8 Å². The molecule has 0 saturated heterocycles. The summed E-state index contributed by atoms with van der Waals surface area (Å²) in [5, 5.41) is 20.1. The van der Waals surface area contributed by atoms with Crippen molar-refractivity contribution in [3.63, 3.8) is 0 Å². The predicted octanol–water partition coefficient (Wildman–Crippen LogP) is 2.52. The molecule has 0 aliphatic rings. The summed E-state index contributed by atoms with van der Waals surface area (Å²) in [6, 6.07) is 4.39. The molecule has 0 atom stereocenters. The molecule has 104 valence electrons. The summed E-state index contributed by atoms with van der Waals surface area (Å²) in [4.78, 5) is 23.6. The van der Waals surface area contributed by atoms with Crippen molar-refractivity contribution in [2.45, 2.75) is 26.8 Å². The summed E-state index contributed by atoms with van der Waals surface area (Å²) in [7, 11) is 0. The highest BCUT2D eigenvalue weighted by Gasteiger charge is 2.23. The number of carboxylic acid groups (broad SMARTS) is 1. The average Bonchev–Trinajstić information content (AvgIpc) is 2.37. The van der Waals surface area contributed by atoms with Crippen LogP contribution in [0.5, 0.6) is 0 Å². The maximum absolute atomic E-state index is 11.3. The zero-order chi connectivity index (χ0) is 14.4. The van der Waals surface area contributed by atoms with Gasteiger partial charge in [0.25, 0.3) is 5.69 Å². The van der Waals surface area contributed by atoms with Gasteiger partial charge in [-0.3, -0.25) is 15.0 Å². The van der Waals surface area contributed by atoms with Crippen LogP contribution >= 0.6 is 0 Å². The van der Waals surface area contributed by atoms with Crippen LogP contribution in [0.2, 0.25) is 0 Å². The molecule has 1 aromatic rings. The van der Waals surface area contributed by atoms with Gasteiger partial charge in [0, 0.05) is 12.6 Å². The Morgan fingerprint density at radius 1 is 1.42 bits per heavy atom. The van der Waals surface area contributed by atoms with Crippen LogP contribution in [0.1, 0.15) is 36.2 Å². The molecule has 0 bridgehead atoms. The molecule has 6 nitrogen and oxygen atoms in total. The number of hydrogen-bond acceptors (Lipinski definition) is 4. The molecule has 0 radical (unpaired) electrons. The zero-order valence-electron chi connectivity index (χ0n) is 11.1. The van der Waals surface area contributed by atoms with Crippen molar-refractivity contribution in [1.82, 2.24) is 4.90 Å². The van der Waals surface area contributed by atoms with E-state index in [0.29, 0.717) is 12.1 Å². The minimum absolute atomic E-state index is 0.206. The topological polar surface area (TPSA) is 83.7 Å². The Labute approximate surface area is 111 Å². The van der Waals surface area contributed by atoms with Gasteiger partial charge in [0.2, 0.25) is 0 Å². The lowest BCUT2D eigenvalue weighted by Crippen LogP contribution is -2.25. The maximum atomic E-state index is 11.3. The summed E-state index contributed by atoms with van der Waals surface area (Å²) >= 11 is 0. The van der Waals surface area contributed by atoms with Crippen molar-refractivity contribution in [1.29, 1.82) is 0 Å². The Kier molecular flexibility index (Phi) is 5.44. The molecule has 0 unspecified atom stereocenters. The molecule has 0 fully saturated rings. The molecule has 0 aliphatic heterocycles. The third-order valence-electron chi connectivity index (χ3n) is 2.92. The van der Waals surface area contributed by atoms with Gasteiger partial charge < -0.3 is 5.11 Å². The Bertz CT molecular complexity index is 474. The Hall–Kier alpha value is -1.95. The quantitative estimate of drug-likeness (QED) is 0.605. The van der Waals surface area contributed by atoms with Crippen LogP contribution in [0.3, 0.4) is 0 Å². The zero-order valence-corrected chi connectivity index (χ0v) is 11.1. The summed E-state index contributed by atoms with van der Waals surface area (Å²) < 4.78 is 0. The number of carbonyl (C=O) groups is 1. The summed E-state index contributed by atoms with van der Waals surface area (Å²) in [5.74, 6) is -1.25. The fraction of sp³-hybridized carbons (Fsp3) is 0.462. The van der Waals surface area contributed by atoms with Crippen molar-refractivity contribution in [2.24, 2.45) is 0 Å². The molecule has 0 heterocycles. The van der Waals surface area contributed by atoms with E-state index in [1.54, 1.807) is 6.07 Å². The van der Waals surface area contributed by atoms with Crippen LogP contribution < -0.4 is 0 Å². The number of hydrogen-bond donors (Lipinski definition) is 1. The lowest BCUT2D eigenvalue weighted by molar-refractivity contribution is -0.385. The highest BCUT2D eigenvalue weighted by molar-refractivity contribution is 5.94. The van der Waals surface area contributed by atoms with E-state index in [0.717, 1.165) is 19.5 Å². The Balaban J connectivity index is 3.16. The third kappa shape index (κ3) is 3.75. The first-order valence-corrected chi connectivity index (χ1v) is 6.23. The molecule has 1 N–H and O–H groups in total. The van der Waals surface area contributed by atoms with Crippen LogP contribution in [-0.4, -0.2) is 34.0 Å². The van der Waals surface area contributed by atoms with Crippen LogP contribution in [0.4, 0.5) is 5.69 Å². The van der Waals surface area contributed by atoms with Gasteiger partial charge in [0.1, 0.15) is 5.56 Å². The van der Waals surface area contributed by atoms with E-state index in [-0.39, 0.29) is 11.3 Å². The average molecular weight is 266 g/mol. The lowest BCUT2D eigenvalue weighted by atomic mass is 10.0. The second kappa shape index (κ2) is 6.84. The Morgan fingerprint density at radius 3 is 2.58 bits per heavy atom. The van der Waals surface area contributed by atoms with E-state index >= 15 is 0 Å². The number of benzene rings is 1. The fourth-order valence-electron chi connectivity index (χ4n) is 2.02.